The topological polar surface area (TPSA) is 34.9 Å². The molecule has 0 amide bonds. The molecule has 0 unspecified atom stereocenters. The Labute approximate surface area is 95.1 Å². The molecule has 3 heteroatoms. The molecular weight excluding hydrogens is 200 g/mol. The normalized spacial score (nSPS) is 10.9. The first kappa shape index (κ1) is 10.9. The maximum atomic E-state index is 12.0. The van der Waals surface area contributed by atoms with Gasteiger partial charge in [-0.25, -0.2) is 4.98 Å². The van der Waals surface area contributed by atoms with Crippen LogP contribution in [0.15, 0.2) is 24.3 Å². The van der Waals surface area contributed by atoms with E-state index in [1.807, 2.05) is 31.2 Å². The second-order valence-electron chi connectivity index (χ2n) is 3.98. The molecule has 0 aliphatic heterocycles. The Morgan fingerprint density at radius 3 is 2.88 bits per heavy atom. The zero-order valence-corrected chi connectivity index (χ0v) is 9.73. The van der Waals surface area contributed by atoms with Crippen molar-refractivity contribution in [3.63, 3.8) is 0 Å². The molecule has 2 aromatic rings. The maximum absolute atomic E-state index is 12.0. The fourth-order valence-corrected chi connectivity index (χ4v) is 1.90. The lowest BCUT2D eigenvalue weighted by molar-refractivity contribution is 0.0902. The van der Waals surface area contributed by atoms with E-state index < -0.39 is 0 Å². The molecule has 0 aliphatic rings. The van der Waals surface area contributed by atoms with Crippen molar-refractivity contribution < 1.29 is 4.79 Å². The molecular formula is C13H16N2O. The highest BCUT2D eigenvalue weighted by atomic mass is 16.2. The number of benzene rings is 1. The largest absolute Gasteiger partial charge is 0.274 e. The quantitative estimate of drug-likeness (QED) is 0.789. The number of rotatable bonds is 3. The lowest BCUT2D eigenvalue weighted by Gasteiger charge is -2.04. The number of hydrogen-bond acceptors (Lipinski definition) is 2. The van der Waals surface area contributed by atoms with E-state index in [1.54, 1.807) is 4.57 Å². The van der Waals surface area contributed by atoms with E-state index in [9.17, 15) is 4.79 Å². The number of fused-ring (bicyclic) bond motifs is 1. The molecule has 0 fully saturated rings. The van der Waals surface area contributed by atoms with E-state index >= 15 is 0 Å². The van der Waals surface area contributed by atoms with Gasteiger partial charge in [0, 0.05) is 6.42 Å². The number of unbranched alkanes of at least 4 members (excludes halogenated alkanes) is 1. The van der Waals surface area contributed by atoms with Crippen LogP contribution in [-0.4, -0.2) is 15.5 Å². The number of nitrogens with zero attached hydrogens (tertiary/aromatic N) is 2. The Hall–Kier alpha value is -1.64. The van der Waals surface area contributed by atoms with Gasteiger partial charge in [0.2, 0.25) is 5.91 Å². The summed E-state index contributed by atoms with van der Waals surface area (Å²) in [6, 6.07) is 7.76. The monoisotopic (exact) mass is 216 g/mol. The Morgan fingerprint density at radius 1 is 1.38 bits per heavy atom. The summed E-state index contributed by atoms with van der Waals surface area (Å²) in [4.78, 5) is 16.4. The highest BCUT2D eigenvalue weighted by Crippen LogP contribution is 2.16. The van der Waals surface area contributed by atoms with Crippen LogP contribution in [-0.2, 0) is 0 Å². The van der Waals surface area contributed by atoms with Gasteiger partial charge < -0.3 is 0 Å². The SMILES string of the molecule is CCCCC(=O)n1c(C)nc2ccccc21. The Balaban J connectivity index is 2.43. The van der Waals surface area contributed by atoms with Gasteiger partial charge >= 0.3 is 0 Å². The Morgan fingerprint density at radius 2 is 2.12 bits per heavy atom. The van der Waals surface area contributed by atoms with Gasteiger partial charge in [0.1, 0.15) is 5.82 Å². The van der Waals surface area contributed by atoms with Crippen LogP contribution in [0.2, 0.25) is 0 Å². The zero-order valence-electron chi connectivity index (χ0n) is 9.73. The molecule has 16 heavy (non-hydrogen) atoms. The molecule has 0 N–H and O–H groups in total. The molecule has 1 aromatic carbocycles. The molecule has 2 rings (SSSR count). The zero-order chi connectivity index (χ0) is 11.5. The minimum absolute atomic E-state index is 0.146. The van der Waals surface area contributed by atoms with Crippen molar-refractivity contribution in [1.29, 1.82) is 0 Å². The van der Waals surface area contributed by atoms with Crippen molar-refractivity contribution in [3.8, 4) is 0 Å². The van der Waals surface area contributed by atoms with Crippen LogP contribution in [0.25, 0.3) is 11.0 Å². The van der Waals surface area contributed by atoms with Crippen LogP contribution in [0.4, 0.5) is 0 Å². The summed E-state index contributed by atoms with van der Waals surface area (Å²) < 4.78 is 1.73. The van der Waals surface area contributed by atoms with Gasteiger partial charge in [0.15, 0.2) is 0 Å². The van der Waals surface area contributed by atoms with Crippen molar-refractivity contribution in [3.05, 3.63) is 30.1 Å². The summed E-state index contributed by atoms with van der Waals surface area (Å²) >= 11 is 0. The number of aryl methyl sites for hydroxylation is 1. The van der Waals surface area contributed by atoms with Crippen LogP contribution in [0.3, 0.4) is 0 Å². The van der Waals surface area contributed by atoms with Crippen LogP contribution < -0.4 is 0 Å². The van der Waals surface area contributed by atoms with Gasteiger partial charge in [-0.3, -0.25) is 9.36 Å². The first-order chi connectivity index (χ1) is 7.74. The molecule has 0 aliphatic carbocycles. The van der Waals surface area contributed by atoms with Gasteiger partial charge in [-0.2, -0.15) is 0 Å². The molecule has 0 spiro atoms. The molecule has 0 saturated carbocycles. The Bertz CT molecular complexity index is 514. The minimum Gasteiger partial charge on any atom is -0.274 e. The van der Waals surface area contributed by atoms with E-state index in [0.29, 0.717) is 6.42 Å². The molecule has 0 radical (unpaired) electrons. The molecule has 0 atom stereocenters. The fourth-order valence-electron chi connectivity index (χ4n) is 1.90. The number of carbonyl (C=O) groups excluding carboxylic acids is 1. The van der Waals surface area contributed by atoms with Crippen LogP contribution >= 0.6 is 0 Å². The Kier molecular flexibility index (Phi) is 3.04. The molecule has 1 heterocycles. The second kappa shape index (κ2) is 4.47. The third-order valence-corrected chi connectivity index (χ3v) is 2.72. The number of imidazole rings is 1. The van der Waals surface area contributed by atoms with Gasteiger partial charge in [0.25, 0.3) is 0 Å². The summed E-state index contributed by atoms with van der Waals surface area (Å²) in [7, 11) is 0. The van der Waals surface area contributed by atoms with Gasteiger partial charge in [0.05, 0.1) is 11.0 Å². The van der Waals surface area contributed by atoms with E-state index in [-0.39, 0.29) is 5.91 Å². The van der Waals surface area contributed by atoms with Crippen LogP contribution in [0.1, 0.15) is 36.8 Å². The second-order valence-corrected chi connectivity index (χ2v) is 3.98. The third-order valence-electron chi connectivity index (χ3n) is 2.72. The standard InChI is InChI=1S/C13H16N2O/c1-3-4-9-13(16)15-10(2)14-11-7-5-6-8-12(11)15/h5-8H,3-4,9H2,1-2H3. The van der Waals surface area contributed by atoms with Gasteiger partial charge in [-0.05, 0) is 25.5 Å². The maximum Gasteiger partial charge on any atom is 0.232 e. The average Bonchev–Trinajstić information content (AvgIpc) is 2.62. The highest BCUT2D eigenvalue weighted by Gasteiger charge is 2.12. The summed E-state index contributed by atoms with van der Waals surface area (Å²) in [5, 5.41) is 0. The van der Waals surface area contributed by atoms with E-state index in [1.165, 1.54) is 0 Å². The van der Waals surface area contributed by atoms with Gasteiger partial charge in [-0.15, -0.1) is 0 Å². The van der Waals surface area contributed by atoms with Crippen LogP contribution in [0.5, 0.6) is 0 Å². The highest BCUT2D eigenvalue weighted by molar-refractivity contribution is 5.91. The first-order valence-electron chi connectivity index (χ1n) is 5.71. The first-order valence-corrected chi connectivity index (χ1v) is 5.71. The van der Waals surface area contributed by atoms with Crippen molar-refractivity contribution in [2.75, 3.05) is 0 Å². The van der Waals surface area contributed by atoms with Crippen molar-refractivity contribution in [2.45, 2.75) is 33.1 Å². The average molecular weight is 216 g/mol. The number of aromatic nitrogens is 2. The molecule has 0 bridgehead atoms. The van der Waals surface area contributed by atoms with Crippen molar-refractivity contribution >= 4 is 16.9 Å². The predicted molar refractivity (Wildman–Crippen MR) is 64.6 cm³/mol. The van der Waals surface area contributed by atoms with Crippen molar-refractivity contribution in [2.24, 2.45) is 0 Å². The van der Waals surface area contributed by atoms with E-state index in [4.69, 9.17) is 0 Å². The lowest BCUT2D eigenvalue weighted by Crippen LogP contribution is -2.11. The molecule has 1 aromatic heterocycles. The minimum atomic E-state index is 0.146. The summed E-state index contributed by atoms with van der Waals surface area (Å²) in [5.41, 5.74) is 1.81. The molecule has 3 nitrogen and oxygen atoms in total. The lowest BCUT2D eigenvalue weighted by atomic mass is 10.2. The smallest absolute Gasteiger partial charge is 0.232 e. The van der Waals surface area contributed by atoms with Gasteiger partial charge in [-0.1, -0.05) is 25.5 Å². The third kappa shape index (κ3) is 1.85. The molecule has 0 saturated heterocycles. The summed E-state index contributed by atoms with van der Waals surface area (Å²) in [6.07, 6.45) is 2.57. The van der Waals surface area contributed by atoms with E-state index in [0.717, 1.165) is 29.7 Å². The van der Waals surface area contributed by atoms with E-state index in [2.05, 4.69) is 11.9 Å². The van der Waals surface area contributed by atoms with Crippen LogP contribution in [0, 0.1) is 6.92 Å². The van der Waals surface area contributed by atoms with Crippen molar-refractivity contribution in [1.82, 2.24) is 9.55 Å². The predicted octanol–water partition coefficient (Wildman–Crippen LogP) is 3.18. The fraction of sp³-hybridized carbons (Fsp3) is 0.385. The molecule has 84 valence electrons. The summed E-state index contributed by atoms with van der Waals surface area (Å²) in [6.45, 7) is 3.97. The number of para-hydroxylation sites is 2. The number of hydrogen-bond donors (Lipinski definition) is 0. The number of carbonyl (C=O) groups is 1. The summed E-state index contributed by atoms with van der Waals surface area (Å²) in [5.74, 6) is 0.926.